The van der Waals surface area contributed by atoms with Crippen molar-refractivity contribution in [2.75, 3.05) is 0 Å². The van der Waals surface area contributed by atoms with Crippen molar-refractivity contribution in [3.63, 3.8) is 0 Å². The number of nitrogens with one attached hydrogen (secondary N) is 1. The summed E-state index contributed by atoms with van der Waals surface area (Å²) in [5.74, 6) is 6.24. The molecule has 84 valence electrons. The van der Waals surface area contributed by atoms with Gasteiger partial charge in [-0.1, -0.05) is 0 Å². The summed E-state index contributed by atoms with van der Waals surface area (Å²) in [4.78, 5) is 4.31. The smallest absolute Gasteiger partial charge is 0.128 e. The Bertz CT molecular complexity index is 473. The van der Waals surface area contributed by atoms with E-state index in [1.807, 2.05) is 18.2 Å². The number of hydrogen-bond acceptors (Lipinski definition) is 4. The number of nitrogens with zero attached hydrogens (tertiary/aromatic N) is 1. The molecule has 0 aliphatic heterocycles. The molecule has 0 aliphatic rings. The van der Waals surface area contributed by atoms with Crippen LogP contribution in [-0.4, -0.2) is 4.98 Å². The zero-order chi connectivity index (χ0) is 11.5. The van der Waals surface area contributed by atoms with Crippen molar-refractivity contribution in [2.45, 2.75) is 6.04 Å². The second kappa shape index (κ2) is 5.09. The molecule has 2 heterocycles. The van der Waals surface area contributed by atoms with Crippen molar-refractivity contribution in [3.05, 3.63) is 51.1 Å². The van der Waals surface area contributed by atoms with E-state index in [0.717, 1.165) is 20.4 Å². The number of aromatic nitrogens is 1. The lowest BCUT2D eigenvalue weighted by molar-refractivity contribution is 0.446. The first-order chi connectivity index (χ1) is 7.72. The first kappa shape index (κ1) is 11.8. The van der Waals surface area contributed by atoms with Crippen LogP contribution >= 0.6 is 31.9 Å². The van der Waals surface area contributed by atoms with Gasteiger partial charge in [0.2, 0.25) is 0 Å². The molecule has 0 amide bonds. The van der Waals surface area contributed by atoms with E-state index in [9.17, 15) is 0 Å². The summed E-state index contributed by atoms with van der Waals surface area (Å²) in [5.41, 5.74) is 3.46. The summed E-state index contributed by atoms with van der Waals surface area (Å²) in [6.45, 7) is 0. The lowest BCUT2D eigenvalue weighted by atomic mass is 10.1. The highest BCUT2D eigenvalue weighted by molar-refractivity contribution is 9.11. The third kappa shape index (κ3) is 2.35. The number of halogens is 2. The fraction of sp³-hybridized carbons (Fsp3) is 0.100. The zero-order valence-corrected chi connectivity index (χ0v) is 11.3. The summed E-state index contributed by atoms with van der Waals surface area (Å²) in [6.07, 6.45) is 3.32. The predicted molar refractivity (Wildman–Crippen MR) is 67.5 cm³/mol. The standard InChI is InChI=1S/C10H9Br2N3O/c11-6-4-7(12)9(14-5-6)10(15-13)8-2-1-3-16-8/h1-5,10,15H,13H2. The Labute approximate surface area is 109 Å². The van der Waals surface area contributed by atoms with Crippen molar-refractivity contribution < 1.29 is 4.42 Å². The van der Waals surface area contributed by atoms with Crippen LogP contribution in [0, 0.1) is 0 Å². The highest BCUT2D eigenvalue weighted by Gasteiger charge is 2.19. The second-order valence-electron chi connectivity index (χ2n) is 3.14. The summed E-state index contributed by atoms with van der Waals surface area (Å²) >= 11 is 6.79. The molecule has 16 heavy (non-hydrogen) atoms. The Morgan fingerprint density at radius 2 is 2.25 bits per heavy atom. The fourth-order valence-corrected chi connectivity index (χ4v) is 2.61. The molecule has 0 fully saturated rings. The highest BCUT2D eigenvalue weighted by Crippen LogP contribution is 2.28. The number of rotatable bonds is 3. The van der Waals surface area contributed by atoms with Gasteiger partial charge >= 0.3 is 0 Å². The average molecular weight is 347 g/mol. The molecule has 2 rings (SSSR count). The first-order valence-electron chi connectivity index (χ1n) is 4.53. The van der Waals surface area contributed by atoms with Crippen LogP contribution in [0.2, 0.25) is 0 Å². The molecule has 0 saturated heterocycles. The van der Waals surface area contributed by atoms with E-state index in [1.54, 1.807) is 12.5 Å². The van der Waals surface area contributed by atoms with E-state index in [-0.39, 0.29) is 6.04 Å². The van der Waals surface area contributed by atoms with Crippen LogP contribution in [0.1, 0.15) is 17.5 Å². The number of nitrogens with two attached hydrogens (primary N) is 1. The maximum Gasteiger partial charge on any atom is 0.128 e. The van der Waals surface area contributed by atoms with Crippen LogP contribution in [0.3, 0.4) is 0 Å². The number of furan rings is 1. The largest absolute Gasteiger partial charge is 0.467 e. The molecule has 3 N–H and O–H groups in total. The van der Waals surface area contributed by atoms with Gasteiger partial charge in [0.05, 0.1) is 12.0 Å². The Morgan fingerprint density at radius 3 is 2.81 bits per heavy atom. The van der Waals surface area contributed by atoms with E-state index in [4.69, 9.17) is 10.3 Å². The number of pyridine rings is 1. The zero-order valence-electron chi connectivity index (χ0n) is 8.15. The maximum absolute atomic E-state index is 5.52. The molecule has 0 aliphatic carbocycles. The SMILES string of the molecule is NNC(c1ccco1)c1ncc(Br)cc1Br. The van der Waals surface area contributed by atoms with Crippen molar-refractivity contribution in [3.8, 4) is 0 Å². The van der Waals surface area contributed by atoms with Gasteiger partial charge in [0.1, 0.15) is 11.8 Å². The molecule has 1 unspecified atom stereocenters. The lowest BCUT2D eigenvalue weighted by Crippen LogP contribution is -2.29. The van der Waals surface area contributed by atoms with Gasteiger partial charge in [-0.15, -0.1) is 0 Å². The lowest BCUT2D eigenvalue weighted by Gasteiger charge is -2.14. The van der Waals surface area contributed by atoms with E-state index in [1.165, 1.54) is 0 Å². The molecule has 0 radical (unpaired) electrons. The van der Waals surface area contributed by atoms with Crippen LogP contribution < -0.4 is 11.3 Å². The van der Waals surface area contributed by atoms with Gasteiger partial charge in [-0.25, -0.2) is 5.43 Å². The average Bonchev–Trinajstić information content (AvgIpc) is 2.75. The third-order valence-electron chi connectivity index (χ3n) is 2.10. The quantitative estimate of drug-likeness (QED) is 0.662. The van der Waals surface area contributed by atoms with Gasteiger partial charge in [0, 0.05) is 15.1 Å². The Morgan fingerprint density at radius 1 is 1.44 bits per heavy atom. The summed E-state index contributed by atoms with van der Waals surface area (Å²) in [5, 5.41) is 0. The molecule has 4 nitrogen and oxygen atoms in total. The Balaban J connectivity index is 2.41. The molecule has 0 aromatic carbocycles. The molecular formula is C10H9Br2N3O. The maximum atomic E-state index is 5.52. The Kier molecular flexibility index (Phi) is 3.75. The normalized spacial score (nSPS) is 12.7. The first-order valence-corrected chi connectivity index (χ1v) is 6.11. The topological polar surface area (TPSA) is 64.1 Å². The monoisotopic (exact) mass is 345 g/mol. The summed E-state index contributed by atoms with van der Waals surface area (Å²) in [6, 6.07) is 5.31. The summed E-state index contributed by atoms with van der Waals surface area (Å²) < 4.78 is 7.07. The van der Waals surface area contributed by atoms with Gasteiger partial charge in [-0.05, 0) is 50.1 Å². The number of hydrazine groups is 1. The van der Waals surface area contributed by atoms with Crippen LogP contribution in [0.4, 0.5) is 0 Å². The fourth-order valence-electron chi connectivity index (χ4n) is 1.39. The van der Waals surface area contributed by atoms with Gasteiger partial charge in [0.15, 0.2) is 0 Å². The molecule has 2 aromatic rings. The molecular weight excluding hydrogens is 338 g/mol. The van der Waals surface area contributed by atoms with Crippen molar-refractivity contribution in [1.29, 1.82) is 0 Å². The minimum absolute atomic E-state index is 0.266. The van der Waals surface area contributed by atoms with Crippen LogP contribution in [0.15, 0.2) is 44.0 Å². The molecule has 1 atom stereocenters. The molecule has 0 spiro atoms. The van der Waals surface area contributed by atoms with Gasteiger partial charge in [-0.2, -0.15) is 0 Å². The molecule has 0 bridgehead atoms. The van der Waals surface area contributed by atoms with Crippen LogP contribution in [0.5, 0.6) is 0 Å². The van der Waals surface area contributed by atoms with Crippen LogP contribution in [0.25, 0.3) is 0 Å². The van der Waals surface area contributed by atoms with E-state index < -0.39 is 0 Å². The highest BCUT2D eigenvalue weighted by atomic mass is 79.9. The van der Waals surface area contributed by atoms with Crippen molar-refractivity contribution in [1.82, 2.24) is 10.4 Å². The van der Waals surface area contributed by atoms with Crippen molar-refractivity contribution >= 4 is 31.9 Å². The van der Waals surface area contributed by atoms with E-state index >= 15 is 0 Å². The van der Waals surface area contributed by atoms with Crippen LogP contribution in [-0.2, 0) is 0 Å². The van der Waals surface area contributed by atoms with E-state index in [0.29, 0.717) is 0 Å². The minimum atomic E-state index is -0.266. The van der Waals surface area contributed by atoms with Crippen molar-refractivity contribution in [2.24, 2.45) is 5.84 Å². The molecule has 2 aromatic heterocycles. The predicted octanol–water partition coefficient (Wildman–Crippen LogP) is 2.75. The minimum Gasteiger partial charge on any atom is -0.467 e. The third-order valence-corrected chi connectivity index (χ3v) is 3.17. The van der Waals surface area contributed by atoms with Gasteiger partial charge in [-0.3, -0.25) is 10.8 Å². The van der Waals surface area contributed by atoms with Gasteiger partial charge in [0.25, 0.3) is 0 Å². The summed E-state index contributed by atoms with van der Waals surface area (Å²) in [7, 11) is 0. The Hall–Kier alpha value is -0.690. The number of hydrogen-bond donors (Lipinski definition) is 2. The van der Waals surface area contributed by atoms with E-state index in [2.05, 4.69) is 42.3 Å². The van der Waals surface area contributed by atoms with Gasteiger partial charge < -0.3 is 4.42 Å². The molecule has 6 heteroatoms. The molecule has 0 saturated carbocycles. The second-order valence-corrected chi connectivity index (χ2v) is 4.91.